The molecule has 1 spiro atoms. The molecule has 104 valence electrons. The van der Waals surface area contributed by atoms with E-state index in [2.05, 4.69) is 0 Å². The summed E-state index contributed by atoms with van der Waals surface area (Å²) in [5.41, 5.74) is 1.16. The Balaban J connectivity index is 1.73. The Morgan fingerprint density at radius 1 is 1.05 bits per heavy atom. The minimum absolute atomic E-state index is 0.0705. The van der Waals surface area contributed by atoms with Crippen LogP contribution in [0.2, 0.25) is 0 Å². The molecule has 1 atom stereocenters. The van der Waals surface area contributed by atoms with Gasteiger partial charge in [-0.2, -0.15) is 0 Å². The van der Waals surface area contributed by atoms with E-state index in [9.17, 15) is 0 Å². The highest BCUT2D eigenvalue weighted by atomic mass is 16.7. The smallest absolute Gasteiger partial charge is 0.184 e. The first kappa shape index (κ1) is 12.9. The van der Waals surface area contributed by atoms with Crippen LogP contribution in [0.4, 0.5) is 0 Å². The minimum atomic E-state index is -0.210. The summed E-state index contributed by atoms with van der Waals surface area (Å²) in [6, 6.07) is 7.99. The van der Waals surface area contributed by atoms with Crippen LogP contribution in [0.5, 0.6) is 5.75 Å². The molecule has 1 aliphatic carbocycles. The predicted molar refractivity (Wildman–Crippen MR) is 73.2 cm³/mol. The van der Waals surface area contributed by atoms with Crippen LogP contribution in [0, 0.1) is 0 Å². The maximum Gasteiger partial charge on any atom is 0.184 e. The molecule has 0 bridgehead atoms. The minimum Gasteiger partial charge on any atom is -0.497 e. The first-order chi connectivity index (χ1) is 9.31. The summed E-state index contributed by atoms with van der Waals surface area (Å²) in [5, 5.41) is 0. The van der Waals surface area contributed by atoms with Gasteiger partial charge in [-0.1, -0.05) is 31.4 Å². The number of ether oxygens (including phenoxy) is 3. The van der Waals surface area contributed by atoms with E-state index in [1.54, 1.807) is 7.11 Å². The van der Waals surface area contributed by atoms with E-state index in [1.165, 1.54) is 32.1 Å². The molecule has 19 heavy (non-hydrogen) atoms. The van der Waals surface area contributed by atoms with Crippen LogP contribution in [-0.4, -0.2) is 19.3 Å². The summed E-state index contributed by atoms with van der Waals surface area (Å²) < 4.78 is 17.3. The third-order valence-corrected chi connectivity index (χ3v) is 4.34. The SMILES string of the molecule is COc1ccc([C@@H]2OCCC3(CCCCC3)O2)cc1. The maximum absolute atomic E-state index is 6.31. The van der Waals surface area contributed by atoms with Gasteiger partial charge < -0.3 is 14.2 Å². The number of hydrogen-bond acceptors (Lipinski definition) is 3. The summed E-state index contributed by atoms with van der Waals surface area (Å²) in [5.74, 6) is 0.868. The van der Waals surface area contributed by atoms with Crippen LogP contribution in [-0.2, 0) is 9.47 Å². The van der Waals surface area contributed by atoms with Crippen LogP contribution in [0.25, 0.3) is 0 Å². The Kier molecular flexibility index (Phi) is 3.76. The van der Waals surface area contributed by atoms with Gasteiger partial charge in [-0.05, 0) is 25.0 Å². The molecule has 1 saturated heterocycles. The molecule has 1 saturated carbocycles. The Morgan fingerprint density at radius 2 is 1.79 bits per heavy atom. The van der Waals surface area contributed by atoms with Crippen molar-refractivity contribution in [3.63, 3.8) is 0 Å². The molecule has 3 heteroatoms. The molecule has 3 rings (SSSR count). The van der Waals surface area contributed by atoms with Crippen molar-refractivity contribution in [2.45, 2.75) is 50.4 Å². The fourth-order valence-electron chi connectivity index (χ4n) is 3.16. The van der Waals surface area contributed by atoms with Crippen molar-refractivity contribution in [1.29, 1.82) is 0 Å². The van der Waals surface area contributed by atoms with Gasteiger partial charge >= 0.3 is 0 Å². The fourth-order valence-corrected chi connectivity index (χ4v) is 3.16. The summed E-state index contributed by atoms with van der Waals surface area (Å²) in [6.07, 6.45) is 7.12. The second kappa shape index (κ2) is 5.51. The standard InChI is InChI=1S/C16H22O3/c1-17-14-7-5-13(6-8-14)15-18-12-11-16(19-15)9-3-2-4-10-16/h5-8,15H,2-4,9-12H2,1H3/t15-/m1/s1. The molecular formula is C16H22O3. The topological polar surface area (TPSA) is 27.7 Å². The van der Waals surface area contributed by atoms with Crippen LogP contribution < -0.4 is 4.74 Å². The van der Waals surface area contributed by atoms with Gasteiger partial charge in [0.15, 0.2) is 6.29 Å². The van der Waals surface area contributed by atoms with Gasteiger partial charge in [-0.3, -0.25) is 0 Å². The zero-order chi connectivity index (χ0) is 13.1. The Labute approximate surface area is 114 Å². The molecule has 0 aromatic heterocycles. The van der Waals surface area contributed by atoms with E-state index in [1.807, 2.05) is 24.3 Å². The highest BCUT2D eigenvalue weighted by Gasteiger charge is 2.39. The van der Waals surface area contributed by atoms with Crippen molar-refractivity contribution < 1.29 is 14.2 Å². The van der Waals surface area contributed by atoms with Gasteiger partial charge in [0.05, 0.1) is 19.3 Å². The summed E-state index contributed by atoms with van der Waals surface area (Å²) in [7, 11) is 1.68. The third-order valence-electron chi connectivity index (χ3n) is 4.34. The van der Waals surface area contributed by atoms with E-state index in [4.69, 9.17) is 14.2 Å². The molecule has 0 radical (unpaired) electrons. The summed E-state index contributed by atoms with van der Waals surface area (Å²) in [6.45, 7) is 0.802. The van der Waals surface area contributed by atoms with Crippen LogP contribution in [0.1, 0.15) is 50.4 Å². The van der Waals surface area contributed by atoms with E-state index < -0.39 is 0 Å². The van der Waals surface area contributed by atoms with E-state index in [-0.39, 0.29) is 11.9 Å². The first-order valence-corrected chi connectivity index (χ1v) is 7.25. The van der Waals surface area contributed by atoms with Gasteiger partial charge in [0, 0.05) is 12.0 Å². The number of hydrogen-bond donors (Lipinski definition) is 0. The predicted octanol–water partition coefficient (Wildman–Crippen LogP) is 3.83. The average Bonchev–Trinajstić information content (AvgIpc) is 2.48. The van der Waals surface area contributed by atoms with Gasteiger partial charge in [0.1, 0.15) is 5.75 Å². The third kappa shape index (κ3) is 2.77. The Morgan fingerprint density at radius 3 is 2.47 bits per heavy atom. The normalized spacial score (nSPS) is 26.3. The lowest BCUT2D eigenvalue weighted by Crippen LogP contribution is -2.41. The molecule has 3 nitrogen and oxygen atoms in total. The van der Waals surface area contributed by atoms with E-state index >= 15 is 0 Å². The van der Waals surface area contributed by atoms with Crippen LogP contribution >= 0.6 is 0 Å². The molecule has 1 aromatic rings. The van der Waals surface area contributed by atoms with Crippen LogP contribution in [0.3, 0.4) is 0 Å². The zero-order valence-electron chi connectivity index (χ0n) is 11.6. The van der Waals surface area contributed by atoms with E-state index in [0.29, 0.717) is 0 Å². The zero-order valence-corrected chi connectivity index (χ0v) is 11.6. The monoisotopic (exact) mass is 262 g/mol. The largest absolute Gasteiger partial charge is 0.497 e. The highest BCUT2D eigenvalue weighted by molar-refractivity contribution is 5.28. The molecule has 2 fully saturated rings. The Hall–Kier alpha value is -1.06. The molecule has 1 aliphatic heterocycles. The fraction of sp³-hybridized carbons (Fsp3) is 0.625. The maximum atomic E-state index is 6.31. The van der Waals surface area contributed by atoms with Gasteiger partial charge in [0.25, 0.3) is 0 Å². The van der Waals surface area contributed by atoms with Crippen molar-refractivity contribution in [1.82, 2.24) is 0 Å². The molecule has 2 aliphatic rings. The lowest BCUT2D eigenvalue weighted by atomic mass is 9.82. The number of rotatable bonds is 2. The lowest BCUT2D eigenvalue weighted by molar-refractivity contribution is -0.269. The van der Waals surface area contributed by atoms with Crippen molar-refractivity contribution >= 4 is 0 Å². The molecule has 0 amide bonds. The second-order valence-corrected chi connectivity index (χ2v) is 5.59. The van der Waals surface area contributed by atoms with Crippen molar-refractivity contribution in [3.05, 3.63) is 29.8 Å². The molecule has 0 unspecified atom stereocenters. The average molecular weight is 262 g/mol. The summed E-state index contributed by atoms with van der Waals surface area (Å²) in [4.78, 5) is 0. The van der Waals surface area contributed by atoms with Gasteiger partial charge in [-0.15, -0.1) is 0 Å². The molecular weight excluding hydrogens is 240 g/mol. The van der Waals surface area contributed by atoms with Crippen molar-refractivity contribution in [3.8, 4) is 5.75 Å². The van der Waals surface area contributed by atoms with Crippen molar-refractivity contribution in [2.24, 2.45) is 0 Å². The van der Waals surface area contributed by atoms with Gasteiger partial charge in [-0.25, -0.2) is 0 Å². The second-order valence-electron chi connectivity index (χ2n) is 5.59. The number of methoxy groups -OCH3 is 1. The van der Waals surface area contributed by atoms with Crippen LogP contribution in [0.15, 0.2) is 24.3 Å². The summed E-state index contributed by atoms with van der Waals surface area (Å²) >= 11 is 0. The lowest BCUT2D eigenvalue weighted by Gasteiger charge is -2.43. The van der Waals surface area contributed by atoms with E-state index in [0.717, 1.165) is 24.3 Å². The van der Waals surface area contributed by atoms with Crippen molar-refractivity contribution in [2.75, 3.05) is 13.7 Å². The Bertz CT molecular complexity index is 401. The highest BCUT2D eigenvalue weighted by Crippen LogP contribution is 2.42. The molecule has 1 aromatic carbocycles. The number of benzene rings is 1. The first-order valence-electron chi connectivity index (χ1n) is 7.25. The van der Waals surface area contributed by atoms with Gasteiger partial charge in [0.2, 0.25) is 0 Å². The molecule has 1 heterocycles. The molecule has 0 N–H and O–H groups in total. The quantitative estimate of drug-likeness (QED) is 0.810.